The van der Waals surface area contributed by atoms with E-state index in [1.54, 1.807) is 36.7 Å². The van der Waals surface area contributed by atoms with Crippen LogP contribution in [0.4, 0.5) is 4.39 Å². The van der Waals surface area contributed by atoms with Crippen LogP contribution < -0.4 is 4.74 Å². The van der Waals surface area contributed by atoms with Gasteiger partial charge in [-0.2, -0.15) is 0 Å². The number of methoxy groups -OCH3 is 1. The lowest BCUT2D eigenvalue weighted by atomic mass is 10.0. The molecule has 186 valence electrons. The predicted molar refractivity (Wildman–Crippen MR) is 130 cm³/mol. The van der Waals surface area contributed by atoms with E-state index in [2.05, 4.69) is 6.58 Å². The van der Waals surface area contributed by atoms with Gasteiger partial charge in [0.2, 0.25) is 5.91 Å². The van der Waals surface area contributed by atoms with Gasteiger partial charge in [0.25, 0.3) is 0 Å². The molecule has 1 aliphatic rings. The van der Waals surface area contributed by atoms with Crippen molar-refractivity contribution in [2.75, 3.05) is 59.7 Å². The summed E-state index contributed by atoms with van der Waals surface area (Å²) < 4.78 is 30.0. The largest absolute Gasteiger partial charge is 0.491 e. The molecule has 34 heavy (non-hydrogen) atoms. The van der Waals surface area contributed by atoms with Crippen LogP contribution in [-0.2, 0) is 20.7 Å². The Morgan fingerprint density at radius 1 is 1.44 bits per heavy atom. The summed E-state index contributed by atoms with van der Waals surface area (Å²) in [7, 11) is 1.60. The average molecular weight is 493 g/mol. The average Bonchev–Trinajstić information content (AvgIpc) is 3.30. The van der Waals surface area contributed by atoms with E-state index in [4.69, 9.17) is 14.2 Å². The number of carbonyl (C=O) groups excluding carboxylic acids is 1. The van der Waals surface area contributed by atoms with Crippen molar-refractivity contribution in [1.29, 1.82) is 0 Å². The zero-order chi connectivity index (χ0) is 24.3. The Labute approximate surface area is 204 Å². The molecule has 2 aromatic rings. The molecule has 0 saturated heterocycles. The van der Waals surface area contributed by atoms with Gasteiger partial charge in [-0.3, -0.25) is 9.69 Å². The molecule has 1 aromatic carbocycles. The Morgan fingerprint density at radius 3 is 3.06 bits per heavy atom. The van der Waals surface area contributed by atoms with Crippen molar-refractivity contribution >= 4 is 17.2 Å². The van der Waals surface area contributed by atoms with Crippen molar-refractivity contribution < 1.29 is 28.5 Å². The molecule has 1 aliphatic heterocycles. The van der Waals surface area contributed by atoms with Crippen molar-refractivity contribution in [2.45, 2.75) is 18.6 Å². The summed E-state index contributed by atoms with van der Waals surface area (Å²) in [4.78, 5) is 18.4. The number of halogens is 1. The molecule has 0 aliphatic carbocycles. The van der Waals surface area contributed by atoms with E-state index >= 15 is 0 Å². The molecule has 1 aromatic heterocycles. The second-order valence-electron chi connectivity index (χ2n) is 8.13. The highest BCUT2D eigenvalue weighted by Crippen LogP contribution is 2.34. The van der Waals surface area contributed by atoms with Gasteiger partial charge in [-0.05, 0) is 35.6 Å². The van der Waals surface area contributed by atoms with Gasteiger partial charge < -0.3 is 24.2 Å². The summed E-state index contributed by atoms with van der Waals surface area (Å²) in [5.74, 6) is 0.00818. The number of nitrogens with zero attached hydrogens (tertiary/aromatic N) is 2. The fraction of sp³-hybridized carbons (Fsp3) is 0.480. The lowest BCUT2D eigenvalue weighted by Crippen LogP contribution is -2.48. The van der Waals surface area contributed by atoms with Crippen molar-refractivity contribution in [1.82, 2.24) is 9.80 Å². The molecule has 0 bridgehead atoms. The Hall–Kier alpha value is -2.30. The van der Waals surface area contributed by atoms with Crippen LogP contribution in [0.3, 0.4) is 0 Å². The van der Waals surface area contributed by atoms with Crippen LogP contribution in [0.15, 0.2) is 48.4 Å². The number of aliphatic hydroxyl groups excluding tert-OH is 1. The van der Waals surface area contributed by atoms with E-state index in [0.29, 0.717) is 32.1 Å². The van der Waals surface area contributed by atoms with Crippen LogP contribution in [0.5, 0.6) is 5.75 Å². The number of benzene rings is 1. The maximum absolute atomic E-state index is 13.6. The Balaban J connectivity index is 1.68. The molecule has 0 spiro atoms. The summed E-state index contributed by atoms with van der Waals surface area (Å²) in [5, 5.41) is 12.4. The highest BCUT2D eigenvalue weighted by Gasteiger charge is 2.33. The van der Waals surface area contributed by atoms with Gasteiger partial charge in [-0.25, -0.2) is 4.39 Å². The highest BCUT2D eigenvalue weighted by atomic mass is 32.1. The molecule has 3 rings (SSSR count). The smallest absolute Gasteiger partial charge is 0.237 e. The topological polar surface area (TPSA) is 71.5 Å². The molecule has 0 fully saturated rings. The lowest BCUT2D eigenvalue weighted by Gasteiger charge is -2.37. The number of amides is 1. The van der Waals surface area contributed by atoms with Gasteiger partial charge in [0.1, 0.15) is 18.2 Å². The second kappa shape index (κ2) is 13.6. The van der Waals surface area contributed by atoms with E-state index in [0.717, 1.165) is 12.0 Å². The molecule has 0 unspecified atom stereocenters. The first-order valence-corrected chi connectivity index (χ1v) is 12.2. The van der Waals surface area contributed by atoms with E-state index < -0.39 is 6.10 Å². The van der Waals surface area contributed by atoms with Crippen molar-refractivity contribution in [2.24, 2.45) is 0 Å². The Kier molecular flexibility index (Phi) is 10.5. The third-order valence-electron chi connectivity index (χ3n) is 5.60. The number of carbonyl (C=O) groups is 1. The third-order valence-corrected chi connectivity index (χ3v) is 6.60. The predicted octanol–water partition coefficient (Wildman–Crippen LogP) is 2.90. The number of thiophene rings is 1. The maximum Gasteiger partial charge on any atom is 0.237 e. The molecular weight excluding hydrogens is 459 g/mol. The molecule has 0 radical (unpaired) electrons. The standard InChI is InChI=1S/C25H33FN2O5S/c1-3-11-32-17-20(29)15-27(10-12-31-2)16-25(30)28-9-7-24-22(8-13-34-24)23(28)18-33-21-6-4-5-19(26)14-21/h3-6,8,13-14,20,23,29H,1,7,9-12,15-18H2,2H3/t20-,23+/m1/s1. The van der Waals surface area contributed by atoms with Gasteiger partial charge in [0.05, 0.1) is 38.5 Å². The Morgan fingerprint density at radius 2 is 2.29 bits per heavy atom. The van der Waals surface area contributed by atoms with E-state index in [-0.39, 0.29) is 44.1 Å². The van der Waals surface area contributed by atoms with Gasteiger partial charge in [-0.15, -0.1) is 17.9 Å². The second-order valence-corrected chi connectivity index (χ2v) is 9.13. The highest BCUT2D eigenvalue weighted by molar-refractivity contribution is 7.10. The number of hydrogen-bond donors (Lipinski definition) is 1. The van der Waals surface area contributed by atoms with Gasteiger partial charge in [0.15, 0.2) is 0 Å². The van der Waals surface area contributed by atoms with Crippen LogP contribution in [0, 0.1) is 5.82 Å². The molecule has 2 heterocycles. The molecule has 2 atom stereocenters. The SMILES string of the molecule is C=CCOC[C@H](O)CN(CCOC)CC(=O)N1CCc2sccc2[C@@H]1COc1cccc(F)c1. The first-order chi connectivity index (χ1) is 16.5. The summed E-state index contributed by atoms with van der Waals surface area (Å²) in [6.07, 6.45) is 1.67. The van der Waals surface area contributed by atoms with E-state index in [1.165, 1.54) is 17.0 Å². The van der Waals surface area contributed by atoms with Gasteiger partial charge >= 0.3 is 0 Å². The van der Waals surface area contributed by atoms with Gasteiger partial charge in [0, 0.05) is 37.7 Å². The van der Waals surface area contributed by atoms with Crippen molar-refractivity contribution in [3.8, 4) is 5.75 Å². The normalized spacial score (nSPS) is 16.4. The van der Waals surface area contributed by atoms with Crippen LogP contribution in [0.2, 0.25) is 0 Å². The molecule has 9 heteroatoms. The summed E-state index contributed by atoms with van der Waals surface area (Å²) in [6, 6.07) is 7.77. The van der Waals surface area contributed by atoms with Crippen molar-refractivity contribution in [3.63, 3.8) is 0 Å². The monoisotopic (exact) mass is 492 g/mol. The number of rotatable bonds is 14. The van der Waals surface area contributed by atoms with Crippen LogP contribution in [0.25, 0.3) is 0 Å². The number of fused-ring (bicyclic) bond motifs is 1. The lowest BCUT2D eigenvalue weighted by molar-refractivity contribution is -0.136. The minimum atomic E-state index is -0.735. The Bertz CT molecular complexity index is 924. The minimum Gasteiger partial charge on any atom is -0.491 e. The van der Waals surface area contributed by atoms with Crippen LogP contribution >= 0.6 is 11.3 Å². The fourth-order valence-corrected chi connectivity index (χ4v) is 4.91. The molecule has 7 nitrogen and oxygen atoms in total. The summed E-state index contributed by atoms with van der Waals surface area (Å²) in [5.41, 5.74) is 1.07. The number of aliphatic hydroxyl groups is 1. The summed E-state index contributed by atoms with van der Waals surface area (Å²) >= 11 is 1.68. The first-order valence-electron chi connectivity index (χ1n) is 11.3. The third kappa shape index (κ3) is 7.61. The van der Waals surface area contributed by atoms with Gasteiger partial charge in [-0.1, -0.05) is 12.1 Å². The molecular formula is C25H33FN2O5S. The zero-order valence-corrected chi connectivity index (χ0v) is 20.3. The first kappa shape index (κ1) is 26.3. The molecule has 1 amide bonds. The van der Waals surface area contributed by atoms with Crippen molar-refractivity contribution in [3.05, 3.63) is 64.6 Å². The van der Waals surface area contributed by atoms with E-state index in [1.807, 2.05) is 21.2 Å². The molecule has 1 N–H and O–H groups in total. The molecule has 0 saturated carbocycles. The minimum absolute atomic E-state index is 0.0556. The quantitative estimate of drug-likeness (QED) is 0.323. The van der Waals surface area contributed by atoms with Crippen LogP contribution in [0.1, 0.15) is 16.5 Å². The number of hydrogen-bond acceptors (Lipinski definition) is 7. The zero-order valence-electron chi connectivity index (χ0n) is 19.5. The van der Waals surface area contributed by atoms with E-state index in [9.17, 15) is 14.3 Å². The fourth-order valence-electron chi connectivity index (χ4n) is 3.98. The number of ether oxygens (including phenoxy) is 3. The summed E-state index contributed by atoms with van der Waals surface area (Å²) in [6.45, 7) is 6.29. The maximum atomic E-state index is 13.6. The van der Waals surface area contributed by atoms with Crippen LogP contribution in [-0.4, -0.2) is 86.6 Å².